The van der Waals surface area contributed by atoms with Crippen LogP contribution in [0.4, 0.5) is 5.69 Å². The lowest BCUT2D eigenvalue weighted by molar-refractivity contribution is -0.732. The molecule has 0 fully saturated rings. The second-order valence-electron chi connectivity index (χ2n) is 6.69. The third-order valence-corrected chi connectivity index (χ3v) is 4.24. The lowest BCUT2D eigenvalue weighted by Gasteiger charge is -2.10. The summed E-state index contributed by atoms with van der Waals surface area (Å²) in [6.45, 7) is 3.80. The van der Waals surface area contributed by atoms with Gasteiger partial charge in [0.1, 0.15) is 5.69 Å². The summed E-state index contributed by atoms with van der Waals surface area (Å²) in [6.07, 6.45) is 17.9. The van der Waals surface area contributed by atoms with E-state index >= 15 is 0 Å². The van der Waals surface area contributed by atoms with E-state index in [2.05, 4.69) is 55.0 Å². The molecule has 3 nitrogen and oxygen atoms in total. The maximum absolute atomic E-state index is 5.77. The van der Waals surface area contributed by atoms with Crippen molar-refractivity contribution in [3.8, 4) is 0 Å². The molecule has 1 aromatic rings. The highest BCUT2D eigenvalue weighted by molar-refractivity contribution is 5.39. The molecule has 0 unspecified atom stereocenters. The molecule has 1 rings (SSSR count). The first kappa shape index (κ1) is 20.0. The van der Waals surface area contributed by atoms with Gasteiger partial charge >= 0.3 is 0 Å². The molecular formula is C20H37N2O+. The van der Waals surface area contributed by atoms with Crippen molar-refractivity contribution in [3.63, 3.8) is 0 Å². The molecule has 0 spiro atoms. The van der Waals surface area contributed by atoms with E-state index in [1.54, 1.807) is 0 Å². The molecular weight excluding hydrogens is 284 g/mol. The summed E-state index contributed by atoms with van der Waals surface area (Å²) in [5, 5.41) is 0. The van der Waals surface area contributed by atoms with Crippen LogP contribution in [0.5, 0.6) is 0 Å². The van der Waals surface area contributed by atoms with Crippen LogP contribution < -0.4 is 9.47 Å². The minimum Gasteiger partial charge on any atom is -0.373 e. The molecule has 0 atom stereocenters. The molecule has 0 radical (unpaired) electrons. The Morgan fingerprint density at radius 1 is 0.913 bits per heavy atom. The molecule has 0 saturated heterocycles. The number of ether oxygens (including phenoxy) is 1. The van der Waals surface area contributed by atoms with E-state index in [4.69, 9.17) is 4.74 Å². The fraction of sp³-hybridized carbons (Fsp3) is 0.750. The highest BCUT2D eigenvalue weighted by Crippen LogP contribution is 2.10. The summed E-state index contributed by atoms with van der Waals surface area (Å²) in [6, 6.07) is 4.18. The van der Waals surface area contributed by atoms with E-state index < -0.39 is 0 Å². The standard InChI is InChI=1S/C20H37N2O/c1-4-5-6-7-8-9-10-11-12-13-17-23-19-22-16-14-15-20(18-22)21(2)3/h14-16,18H,4-13,17,19H2,1-3H3/q+1. The maximum atomic E-state index is 5.77. The van der Waals surface area contributed by atoms with Gasteiger partial charge in [0.2, 0.25) is 0 Å². The van der Waals surface area contributed by atoms with Crippen molar-refractivity contribution in [1.29, 1.82) is 0 Å². The first-order chi connectivity index (χ1) is 11.2. The van der Waals surface area contributed by atoms with E-state index in [1.807, 2.05) is 0 Å². The molecule has 0 amide bonds. The molecule has 132 valence electrons. The highest BCUT2D eigenvalue weighted by Gasteiger charge is 2.03. The average Bonchev–Trinajstić information content (AvgIpc) is 2.56. The van der Waals surface area contributed by atoms with Gasteiger partial charge in [0.05, 0.1) is 6.61 Å². The third-order valence-electron chi connectivity index (χ3n) is 4.24. The largest absolute Gasteiger partial charge is 0.373 e. The van der Waals surface area contributed by atoms with Crippen LogP contribution in [0, 0.1) is 0 Å². The van der Waals surface area contributed by atoms with Crippen molar-refractivity contribution in [3.05, 3.63) is 24.5 Å². The van der Waals surface area contributed by atoms with Crippen molar-refractivity contribution in [1.82, 2.24) is 0 Å². The quantitative estimate of drug-likeness (QED) is 0.356. The van der Waals surface area contributed by atoms with Crippen LogP contribution in [-0.2, 0) is 11.5 Å². The van der Waals surface area contributed by atoms with Gasteiger partial charge in [-0.3, -0.25) is 0 Å². The smallest absolute Gasteiger partial charge is 0.252 e. The summed E-state index contributed by atoms with van der Waals surface area (Å²) in [5.41, 5.74) is 1.20. The van der Waals surface area contributed by atoms with Crippen LogP contribution in [-0.4, -0.2) is 20.7 Å². The Bertz CT molecular complexity index is 393. The van der Waals surface area contributed by atoms with Crippen molar-refractivity contribution >= 4 is 5.69 Å². The summed E-state index contributed by atoms with van der Waals surface area (Å²) in [7, 11) is 4.12. The minimum atomic E-state index is 0.652. The average molecular weight is 322 g/mol. The first-order valence-electron chi connectivity index (χ1n) is 9.48. The number of aromatic nitrogens is 1. The second-order valence-corrected chi connectivity index (χ2v) is 6.69. The summed E-state index contributed by atoms with van der Waals surface area (Å²) in [5.74, 6) is 0. The van der Waals surface area contributed by atoms with Crippen molar-refractivity contribution in [2.24, 2.45) is 0 Å². The molecule has 1 heterocycles. The SMILES string of the molecule is CCCCCCCCCCCCOC[n+]1cccc(N(C)C)c1. The van der Waals surface area contributed by atoms with Crippen LogP contribution in [0.25, 0.3) is 0 Å². The third kappa shape index (κ3) is 10.3. The molecule has 0 aliphatic rings. The lowest BCUT2D eigenvalue weighted by atomic mass is 10.1. The normalized spacial score (nSPS) is 10.9. The van der Waals surface area contributed by atoms with E-state index in [0.29, 0.717) is 6.73 Å². The lowest BCUT2D eigenvalue weighted by Crippen LogP contribution is -2.35. The van der Waals surface area contributed by atoms with Crippen LogP contribution in [0.15, 0.2) is 24.5 Å². The minimum absolute atomic E-state index is 0.652. The van der Waals surface area contributed by atoms with Crippen LogP contribution in [0.2, 0.25) is 0 Å². The van der Waals surface area contributed by atoms with Crippen LogP contribution in [0.1, 0.15) is 71.1 Å². The van der Waals surface area contributed by atoms with E-state index in [-0.39, 0.29) is 0 Å². The fourth-order valence-electron chi connectivity index (χ4n) is 2.71. The topological polar surface area (TPSA) is 16.4 Å². The molecule has 0 saturated carbocycles. The Kier molecular flexibility index (Phi) is 11.6. The van der Waals surface area contributed by atoms with Crippen molar-refractivity contribution in [2.75, 3.05) is 25.6 Å². The molecule has 0 aromatic carbocycles. The molecule has 23 heavy (non-hydrogen) atoms. The maximum Gasteiger partial charge on any atom is 0.252 e. The summed E-state index contributed by atoms with van der Waals surface area (Å²) >= 11 is 0. The Hall–Kier alpha value is -1.09. The molecule has 1 aromatic heterocycles. The van der Waals surface area contributed by atoms with E-state index in [0.717, 1.165) is 6.61 Å². The van der Waals surface area contributed by atoms with Gasteiger partial charge in [-0.05, 0) is 12.5 Å². The number of rotatable bonds is 14. The Morgan fingerprint density at radius 2 is 1.52 bits per heavy atom. The van der Waals surface area contributed by atoms with Gasteiger partial charge in [-0.25, -0.2) is 0 Å². The Labute approximate surface area is 143 Å². The number of hydrogen-bond acceptors (Lipinski definition) is 2. The first-order valence-corrected chi connectivity index (χ1v) is 9.48. The van der Waals surface area contributed by atoms with Gasteiger partial charge in [-0.1, -0.05) is 64.7 Å². The summed E-state index contributed by atoms with van der Waals surface area (Å²) < 4.78 is 7.87. The summed E-state index contributed by atoms with van der Waals surface area (Å²) in [4.78, 5) is 2.11. The number of anilines is 1. The molecule has 0 aliphatic carbocycles. The zero-order valence-corrected chi connectivity index (χ0v) is 15.6. The molecule has 0 bridgehead atoms. The van der Waals surface area contributed by atoms with Crippen LogP contribution >= 0.6 is 0 Å². The zero-order valence-electron chi connectivity index (χ0n) is 15.6. The number of unbranched alkanes of at least 4 members (excludes halogenated alkanes) is 9. The van der Waals surface area contributed by atoms with Gasteiger partial charge in [-0.15, -0.1) is 0 Å². The van der Waals surface area contributed by atoms with Gasteiger partial charge in [0.25, 0.3) is 6.73 Å². The Balaban J connectivity index is 1.93. The fourth-order valence-corrected chi connectivity index (χ4v) is 2.71. The van der Waals surface area contributed by atoms with Gasteiger partial charge in [-0.2, -0.15) is 4.57 Å². The van der Waals surface area contributed by atoms with E-state index in [9.17, 15) is 0 Å². The van der Waals surface area contributed by atoms with Crippen LogP contribution in [0.3, 0.4) is 0 Å². The van der Waals surface area contributed by atoms with Crippen molar-refractivity contribution < 1.29 is 9.30 Å². The molecule has 0 N–H and O–H groups in total. The van der Waals surface area contributed by atoms with Gasteiger partial charge in [0.15, 0.2) is 12.4 Å². The number of nitrogens with zero attached hydrogens (tertiary/aromatic N) is 2. The van der Waals surface area contributed by atoms with Gasteiger partial charge < -0.3 is 9.64 Å². The number of hydrogen-bond donors (Lipinski definition) is 0. The predicted molar refractivity (Wildman–Crippen MR) is 98.8 cm³/mol. The monoisotopic (exact) mass is 321 g/mol. The molecule has 0 aliphatic heterocycles. The van der Waals surface area contributed by atoms with Gasteiger partial charge in [0, 0.05) is 20.2 Å². The van der Waals surface area contributed by atoms with E-state index in [1.165, 1.54) is 69.9 Å². The highest BCUT2D eigenvalue weighted by atomic mass is 16.5. The number of pyridine rings is 1. The predicted octanol–water partition coefficient (Wildman–Crippen LogP) is 4.94. The second kappa shape index (κ2) is 13.4. The Morgan fingerprint density at radius 3 is 2.13 bits per heavy atom. The van der Waals surface area contributed by atoms with Crippen molar-refractivity contribution in [2.45, 2.75) is 77.9 Å². The zero-order chi connectivity index (χ0) is 16.8. The molecule has 3 heteroatoms.